The van der Waals surface area contributed by atoms with Gasteiger partial charge < -0.3 is 11.1 Å². The largest absolute Gasteiger partial charge is 0.398 e. The Morgan fingerprint density at radius 1 is 1.31 bits per heavy atom. The van der Waals surface area contributed by atoms with Crippen molar-refractivity contribution in [2.75, 3.05) is 11.1 Å². The summed E-state index contributed by atoms with van der Waals surface area (Å²) in [6, 6.07) is 6.74. The van der Waals surface area contributed by atoms with Gasteiger partial charge in [0.15, 0.2) is 0 Å². The van der Waals surface area contributed by atoms with E-state index in [9.17, 15) is 10.1 Å². The molecule has 2 aliphatic rings. The van der Waals surface area contributed by atoms with Gasteiger partial charge in [0, 0.05) is 40.6 Å². The first-order chi connectivity index (χ1) is 12.4. The van der Waals surface area contributed by atoms with Gasteiger partial charge in [-0.15, -0.1) is 0 Å². The highest BCUT2D eigenvalue weighted by Crippen LogP contribution is 2.43. The summed E-state index contributed by atoms with van der Waals surface area (Å²) < 4.78 is 0. The molecule has 6 nitrogen and oxygen atoms in total. The zero-order chi connectivity index (χ0) is 18.4. The lowest BCUT2D eigenvalue weighted by Crippen LogP contribution is -2.19. The number of benzene rings is 1. The number of rotatable bonds is 2. The summed E-state index contributed by atoms with van der Waals surface area (Å²) in [6.07, 6.45) is 5.98. The predicted molar refractivity (Wildman–Crippen MR) is 103 cm³/mol. The molecule has 2 heterocycles. The van der Waals surface area contributed by atoms with Crippen molar-refractivity contribution in [3.8, 4) is 0 Å². The molecule has 1 aromatic carbocycles. The lowest BCUT2D eigenvalue weighted by molar-refractivity contribution is -0.384. The molecular weight excluding hydrogens is 328 g/mol. The van der Waals surface area contributed by atoms with Gasteiger partial charge in [0.2, 0.25) is 0 Å². The second kappa shape index (κ2) is 5.98. The number of nitrogens with zero attached hydrogens (tertiary/aromatic N) is 2. The first-order valence-electron chi connectivity index (χ1n) is 8.63. The first kappa shape index (κ1) is 16.3. The molecule has 0 amide bonds. The van der Waals surface area contributed by atoms with E-state index >= 15 is 0 Å². The minimum absolute atomic E-state index is 0.0803. The fourth-order valence-electron chi connectivity index (χ4n) is 3.75. The summed E-state index contributed by atoms with van der Waals surface area (Å²) in [5.41, 5.74) is 13.4. The number of nitrogen functional groups attached to an aromatic ring is 1. The Hall–Kier alpha value is -3.15. The summed E-state index contributed by atoms with van der Waals surface area (Å²) in [5.74, 6) is 0.583. The molecule has 0 fully saturated rings. The summed E-state index contributed by atoms with van der Waals surface area (Å²) in [5, 5.41) is 14.5. The van der Waals surface area contributed by atoms with Crippen molar-refractivity contribution in [2.24, 2.45) is 0 Å². The van der Waals surface area contributed by atoms with E-state index in [1.54, 1.807) is 12.1 Å². The summed E-state index contributed by atoms with van der Waals surface area (Å²) in [4.78, 5) is 15.6. The molecule has 132 valence electrons. The molecule has 2 aromatic rings. The van der Waals surface area contributed by atoms with Crippen LogP contribution < -0.4 is 11.1 Å². The topological polar surface area (TPSA) is 94.1 Å². The van der Waals surface area contributed by atoms with Gasteiger partial charge in [-0.1, -0.05) is 23.8 Å². The van der Waals surface area contributed by atoms with E-state index in [2.05, 4.69) is 24.4 Å². The third-order valence-electron chi connectivity index (χ3n) is 5.05. The summed E-state index contributed by atoms with van der Waals surface area (Å²) in [6.45, 7) is 4.07. The van der Waals surface area contributed by atoms with Gasteiger partial charge in [-0.2, -0.15) is 0 Å². The highest BCUT2D eigenvalue weighted by Gasteiger charge is 2.28. The average Bonchev–Trinajstić information content (AvgIpc) is 2.60. The van der Waals surface area contributed by atoms with Gasteiger partial charge in [0.1, 0.15) is 5.82 Å². The van der Waals surface area contributed by atoms with Crippen LogP contribution in [0.25, 0.3) is 6.08 Å². The number of anilines is 2. The van der Waals surface area contributed by atoms with Crippen LogP contribution in [0.5, 0.6) is 0 Å². The number of allylic oxidation sites excluding steroid dienone is 3. The number of hydrogen-bond donors (Lipinski definition) is 2. The minimum atomic E-state index is -0.371. The van der Waals surface area contributed by atoms with Gasteiger partial charge in [0.25, 0.3) is 5.69 Å². The predicted octanol–water partition coefficient (Wildman–Crippen LogP) is 4.38. The van der Waals surface area contributed by atoms with Crippen molar-refractivity contribution in [2.45, 2.75) is 32.6 Å². The molecule has 0 saturated carbocycles. The maximum atomic E-state index is 11.2. The molecule has 0 spiro atoms. The Labute approximate surface area is 151 Å². The fraction of sp³-hybridized carbons (Fsp3) is 0.250. The second-order valence-corrected chi connectivity index (χ2v) is 6.95. The third-order valence-corrected chi connectivity index (χ3v) is 5.05. The maximum Gasteiger partial charge on any atom is 0.269 e. The lowest BCUT2D eigenvalue weighted by atomic mass is 9.84. The number of nitro groups is 1. The molecule has 6 heteroatoms. The van der Waals surface area contributed by atoms with Crippen LogP contribution in [0.3, 0.4) is 0 Å². The molecule has 3 N–H and O–H groups in total. The molecule has 1 aliphatic heterocycles. The highest BCUT2D eigenvalue weighted by atomic mass is 16.6. The van der Waals surface area contributed by atoms with E-state index in [4.69, 9.17) is 10.7 Å². The van der Waals surface area contributed by atoms with Crippen LogP contribution in [-0.4, -0.2) is 9.91 Å². The van der Waals surface area contributed by atoms with Crippen molar-refractivity contribution < 1.29 is 4.92 Å². The molecule has 26 heavy (non-hydrogen) atoms. The van der Waals surface area contributed by atoms with Gasteiger partial charge in [-0.3, -0.25) is 10.1 Å². The van der Waals surface area contributed by atoms with Crippen molar-refractivity contribution in [3.05, 3.63) is 74.1 Å². The normalized spacial score (nSPS) is 18.2. The summed E-state index contributed by atoms with van der Waals surface area (Å²) in [7, 11) is 0. The van der Waals surface area contributed by atoms with Gasteiger partial charge in [0.05, 0.1) is 10.6 Å². The lowest BCUT2D eigenvalue weighted by Gasteiger charge is -2.29. The molecule has 0 bridgehead atoms. The Kier molecular flexibility index (Phi) is 3.76. The number of hydrogen-bond acceptors (Lipinski definition) is 5. The van der Waals surface area contributed by atoms with Crippen molar-refractivity contribution in [1.82, 2.24) is 4.98 Å². The number of pyridine rings is 1. The van der Waals surface area contributed by atoms with Crippen LogP contribution in [0.4, 0.5) is 17.2 Å². The van der Waals surface area contributed by atoms with Crippen LogP contribution in [-0.2, 0) is 6.42 Å². The molecule has 0 saturated heterocycles. The Balaban J connectivity index is 1.90. The zero-order valence-corrected chi connectivity index (χ0v) is 14.7. The van der Waals surface area contributed by atoms with E-state index < -0.39 is 0 Å². The van der Waals surface area contributed by atoms with Crippen LogP contribution in [0.15, 0.2) is 41.6 Å². The molecule has 1 aromatic heterocycles. The fourth-order valence-corrected chi connectivity index (χ4v) is 3.75. The van der Waals surface area contributed by atoms with Crippen molar-refractivity contribution >= 4 is 23.3 Å². The van der Waals surface area contributed by atoms with Gasteiger partial charge in [-0.25, -0.2) is 4.98 Å². The molecule has 1 aliphatic carbocycles. The van der Waals surface area contributed by atoms with E-state index in [1.165, 1.54) is 11.6 Å². The van der Waals surface area contributed by atoms with E-state index in [0.717, 1.165) is 52.4 Å². The van der Waals surface area contributed by atoms with E-state index in [-0.39, 0.29) is 16.5 Å². The Morgan fingerprint density at radius 3 is 2.88 bits per heavy atom. The number of non-ortho nitro benzene ring substituents is 1. The molecule has 4 rings (SSSR count). The Bertz CT molecular complexity index is 992. The van der Waals surface area contributed by atoms with E-state index in [0.29, 0.717) is 0 Å². The van der Waals surface area contributed by atoms with Gasteiger partial charge in [-0.05, 0) is 38.3 Å². The van der Waals surface area contributed by atoms with Crippen LogP contribution in [0, 0.1) is 10.1 Å². The molecule has 1 unspecified atom stereocenters. The molecular formula is C20H20N4O2. The molecule has 1 atom stereocenters. The van der Waals surface area contributed by atoms with Crippen LogP contribution in [0.1, 0.15) is 48.6 Å². The van der Waals surface area contributed by atoms with Crippen LogP contribution >= 0.6 is 0 Å². The average molecular weight is 348 g/mol. The number of nitro benzene ring substituents is 1. The highest BCUT2D eigenvalue weighted by molar-refractivity contribution is 5.76. The second-order valence-electron chi connectivity index (χ2n) is 6.95. The smallest absolute Gasteiger partial charge is 0.269 e. The standard InChI is InChI=1S/C20H20N4O2/c1-11-6-7-15-17(8-11)23-20-18(19(15)21)16(9-12(2)22-20)13-4-3-5-14(10-13)24(25)26/h3-5,8-10,16H,6-7H2,1-2H3,(H3,21,22,23). The molecule has 0 radical (unpaired) electrons. The summed E-state index contributed by atoms with van der Waals surface area (Å²) >= 11 is 0. The number of nitrogens with two attached hydrogens (primary N) is 1. The first-order valence-corrected chi connectivity index (χ1v) is 8.63. The minimum Gasteiger partial charge on any atom is -0.398 e. The Morgan fingerprint density at radius 2 is 2.12 bits per heavy atom. The quantitative estimate of drug-likeness (QED) is 0.620. The van der Waals surface area contributed by atoms with E-state index in [1.807, 2.05) is 13.0 Å². The van der Waals surface area contributed by atoms with Crippen molar-refractivity contribution in [1.29, 1.82) is 0 Å². The van der Waals surface area contributed by atoms with Crippen molar-refractivity contribution in [3.63, 3.8) is 0 Å². The number of aromatic nitrogens is 1. The zero-order valence-electron chi connectivity index (χ0n) is 14.7. The maximum absolute atomic E-state index is 11.2. The van der Waals surface area contributed by atoms with Crippen LogP contribution in [0.2, 0.25) is 0 Å². The number of fused-ring (bicyclic) bond motifs is 2. The van der Waals surface area contributed by atoms with Gasteiger partial charge >= 0.3 is 0 Å². The third kappa shape index (κ3) is 2.63. The monoisotopic (exact) mass is 348 g/mol. The number of nitrogens with one attached hydrogen (secondary N) is 1. The SMILES string of the molecule is CC1=Cc2nc3c(c(N)c2CC1)C(c1cccc([N+](=O)[O-])c1)C=C(C)N3.